The molecule has 0 spiro atoms. The van der Waals surface area contributed by atoms with Crippen molar-refractivity contribution in [2.75, 3.05) is 26.4 Å². The van der Waals surface area contributed by atoms with Crippen molar-refractivity contribution in [2.45, 2.75) is 37.6 Å². The van der Waals surface area contributed by atoms with Gasteiger partial charge in [-0.2, -0.15) is 0 Å². The molecule has 9 nitrogen and oxygen atoms in total. The third-order valence-electron chi connectivity index (χ3n) is 2.79. The van der Waals surface area contributed by atoms with Crippen LogP contribution < -0.4 is 5.73 Å². The first-order valence-corrected chi connectivity index (χ1v) is 6.24. The summed E-state index contributed by atoms with van der Waals surface area (Å²) >= 11 is 0. The van der Waals surface area contributed by atoms with Gasteiger partial charge in [0.05, 0.1) is 25.9 Å². The van der Waals surface area contributed by atoms with Crippen LogP contribution in [0.15, 0.2) is 0 Å². The van der Waals surface area contributed by atoms with Gasteiger partial charge in [-0.25, -0.2) is 4.79 Å². The maximum Gasteiger partial charge on any atom is 0.404 e. The summed E-state index contributed by atoms with van der Waals surface area (Å²) in [6.07, 6.45) is -6.37. The van der Waals surface area contributed by atoms with E-state index >= 15 is 0 Å². The van der Waals surface area contributed by atoms with Crippen LogP contribution in [-0.2, 0) is 18.9 Å². The monoisotopic (exact) mass is 295 g/mol. The molecular weight excluding hydrogens is 274 g/mol. The number of primary amides is 1. The predicted molar refractivity (Wildman–Crippen MR) is 64.7 cm³/mol. The van der Waals surface area contributed by atoms with Gasteiger partial charge in [-0.1, -0.05) is 0 Å². The molecule has 0 aromatic carbocycles. The number of amides is 1. The topological polar surface area (TPSA) is 141 Å². The van der Waals surface area contributed by atoms with E-state index < -0.39 is 36.8 Å². The standard InChI is InChI=1S/C11H21NO8/c1-6-7(13)8(14)9(15)10(20-6)18-4-2-17-3-5-19-11(12)16/h6-10,13-15H,2-5H2,1H3,(H2,12,16)/t6-,7-,8+,9+,10+/m0/s1. The van der Waals surface area contributed by atoms with Crippen LogP contribution in [0.5, 0.6) is 0 Å². The van der Waals surface area contributed by atoms with Gasteiger partial charge in [0.1, 0.15) is 24.9 Å². The van der Waals surface area contributed by atoms with Gasteiger partial charge in [0.2, 0.25) is 0 Å². The first kappa shape index (κ1) is 17.1. The van der Waals surface area contributed by atoms with Crippen LogP contribution in [0.25, 0.3) is 0 Å². The molecule has 118 valence electrons. The summed E-state index contributed by atoms with van der Waals surface area (Å²) in [5, 5.41) is 28.7. The van der Waals surface area contributed by atoms with Gasteiger partial charge in [0.25, 0.3) is 0 Å². The number of carbonyl (C=O) groups excluding carboxylic acids is 1. The van der Waals surface area contributed by atoms with Crippen molar-refractivity contribution in [3.05, 3.63) is 0 Å². The van der Waals surface area contributed by atoms with Crippen molar-refractivity contribution in [1.82, 2.24) is 0 Å². The molecule has 9 heteroatoms. The summed E-state index contributed by atoms with van der Waals surface area (Å²) in [5.74, 6) is 0. The molecule has 1 aliphatic rings. The second-order valence-electron chi connectivity index (χ2n) is 4.33. The average molecular weight is 295 g/mol. The summed E-state index contributed by atoms with van der Waals surface area (Å²) < 4.78 is 19.9. The van der Waals surface area contributed by atoms with E-state index in [2.05, 4.69) is 4.74 Å². The highest BCUT2D eigenvalue weighted by Gasteiger charge is 2.42. The van der Waals surface area contributed by atoms with E-state index in [1.165, 1.54) is 0 Å². The largest absolute Gasteiger partial charge is 0.447 e. The maximum atomic E-state index is 10.3. The van der Waals surface area contributed by atoms with E-state index in [0.717, 1.165) is 0 Å². The van der Waals surface area contributed by atoms with E-state index in [0.29, 0.717) is 0 Å². The molecule has 1 aliphatic heterocycles. The fraction of sp³-hybridized carbons (Fsp3) is 0.909. The van der Waals surface area contributed by atoms with Crippen LogP contribution in [0.2, 0.25) is 0 Å². The van der Waals surface area contributed by atoms with Gasteiger partial charge < -0.3 is 40.0 Å². The zero-order valence-corrected chi connectivity index (χ0v) is 11.2. The van der Waals surface area contributed by atoms with E-state index in [9.17, 15) is 20.1 Å². The Morgan fingerprint density at radius 1 is 1.10 bits per heavy atom. The smallest absolute Gasteiger partial charge is 0.404 e. The van der Waals surface area contributed by atoms with E-state index in [1.807, 2.05) is 0 Å². The Morgan fingerprint density at radius 3 is 2.40 bits per heavy atom. The fourth-order valence-corrected chi connectivity index (χ4v) is 1.68. The zero-order valence-electron chi connectivity index (χ0n) is 11.2. The SMILES string of the molecule is C[C@@H]1O[C@@H](OCCOCCOC(N)=O)[C@H](O)[C@H](O)[C@H]1O. The number of rotatable bonds is 7. The van der Waals surface area contributed by atoms with E-state index in [-0.39, 0.29) is 26.4 Å². The lowest BCUT2D eigenvalue weighted by Gasteiger charge is -2.38. The highest BCUT2D eigenvalue weighted by atomic mass is 16.7. The summed E-state index contributed by atoms with van der Waals surface area (Å²) in [4.78, 5) is 10.3. The van der Waals surface area contributed by atoms with Crippen molar-refractivity contribution < 1.29 is 39.1 Å². The first-order valence-electron chi connectivity index (χ1n) is 6.24. The Hall–Kier alpha value is -0.970. The van der Waals surface area contributed by atoms with Gasteiger partial charge in [0, 0.05) is 0 Å². The molecule has 0 aromatic rings. The third-order valence-corrected chi connectivity index (χ3v) is 2.79. The highest BCUT2D eigenvalue weighted by Crippen LogP contribution is 2.21. The highest BCUT2D eigenvalue weighted by molar-refractivity contribution is 5.64. The quantitative estimate of drug-likeness (QED) is 0.393. The van der Waals surface area contributed by atoms with Crippen molar-refractivity contribution in [3.8, 4) is 0 Å². The molecule has 5 N–H and O–H groups in total. The Kier molecular flexibility index (Phi) is 7.13. The van der Waals surface area contributed by atoms with Crippen molar-refractivity contribution in [3.63, 3.8) is 0 Å². The van der Waals surface area contributed by atoms with Crippen molar-refractivity contribution >= 4 is 6.09 Å². The normalized spacial score (nSPS) is 33.9. The van der Waals surface area contributed by atoms with Crippen LogP contribution in [0.1, 0.15) is 6.92 Å². The van der Waals surface area contributed by atoms with Gasteiger partial charge in [-0.15, -0.1) is 0 Å². The minimum absolute atomic E-state index is 0.0415. The number of aliphatic hydroxyl groups excluding tert-OH is 3. The molecule has 0 saturated carbocycles. The predicted octanol–water partition coefficient (Wildman–Crippen LogP) is -2.06. The number of aliphatic hydroxyl groups is 3. The zero-order chi connectivity index (χ0) is 15.1. The summed E-state index contributed by atoms with van der Waals surface area (Å²) in [6, 6.07) is 0. The van der Waals surface area contributed by atoms with Gasteiger partial charge in [0.15, 0.2) is 6.29 Å². The van der Waals surface area contributed by atoms with Gasteiger partial charge in [-0.3, -0.25) is 0 Å². The fourth-order valence-electron chi connectivity index (χ4n) is 1.68. The molecule has 0 aliphatic carbocycles. The Balaban J connectivity index is 2.14. The van der Waals surface area contributed by atoms with E-state index in [4.69, 9.17) is 19.9 Å². The number of nitrogens with two attached hydrogens (primary N) is 1. The molecular formula is C11H21NO8. The maximum absolute atomic E-state index is 10.3. The summed E-state index contributed by atoms with van der Waals surface area (Å²) in [7, 11) is 0. The Bertz CT molecular complexity index is 302. The molecule has 1 rings (SSSR count). The summed E-state index contributed by atoms with van der Waals surface area (Å²) in [5.41, 5.74) is 4.75. The van der Waals surface area contributed by atoms with Gasteiger partial charge >= 0.3 is 6.09 Å². The first-order chi connectivity index (χ1) is 9.43. The molecule has 20 heavy (non-hydrogen) atoms. The summed E-state index contributed by atoms with van der Waals surface area (Å²) in [6.45, 7) is 2.06. The minimum atomic E-state index is -1.33. The van der Waals surface area contributed by atoms with Crippen LogP contribution in [-0.4, -0.2) is 78.5 Å². The minimum Gasteiger partial charge on any atom is -0.447 e. The van der Waals surface area contributed by atoms with Crippen LogP contribution >= 0.6 is 0 Å². The number of hydrogen-bond acceptors (Lipinski definition) is 8. The molecule has 0 bridgehead atoms. The molecule has 0 radical (unpaired) electrons. The molecule has 0 aromatic heterocycles. The van der Waals surface area contributed by atoms with Gasteiger partial charge in [-0.05, 0) is 6.92 Å². The van der Waals surface area contributed by atoms with Crippen molar-refractivity contribution in [2.24, 2.45) is 5.73 Å². The van der Waals surface area contributed by atoms with Crippen LogP contribution in [0.3, 0.4) is 0 Å². The lowest BCUT2D eigenvalue weighted by atomic mass is 10.0. The molecule has 1 saturated heterocycles. The van der Waals surface area contributed by atoms with E-state index in [1.54, 1.807) is 6.92 Å². The molecule has 1 heterocycles. The van der Waals surface area contributed by atoms with Crippen LogP contribution in [0, 0.1) is 0 Å². The number of ether oxygens (including phenoxy) is 4. The van der Waals surface area contributed by atoms with Crippen molar-refractivity contribution in [1.29, 1.82) is 0 Å². The second-order valence-corrected chi connectivity index (χ2v) is 4.33. The molecule has 0 unspecified atom stereocenters. The Labute approximate surface area is 116 Å². The molecule has 5 atom stereocenters. The lowest BCUT2D eigenvalue weighted by Crippen LogP contribution is -2.57. The number of hydrogen-bond donors (Lipinski definition) is 4. The average Bonchev–Trinajstić information content (AvgIpc) is 2.40. The molecule has 1 fully saturated rings. The third kappa shape index (κ3) is 5.19. The molecule has 1 amide bonds. The lowest BCUT2D eigenvalue weighted by molar-refractivity contribution is -0.294. The second kappa shape index (κ2) is 8.35. The Morgan fingerprint density at radius 2 is 1.75 bits per heavy atom. The number of carbonyl (C=O) groups is 1. The van der Waals surface area contributed by atoms with Crippen LogP contribution in [0.4, 0.5) is 4.79 Å².